The topological polar surface area (TPSA) is 6.48 Å². The lowest BCUT2D eigenvalue weighted by atomic mass is 10.1. The number of hydrogen-bond acceptors (Lipinski definition) is 2. The molecule has 1 saturated heterocycles. The number of nitrogens with zero attached hydrogens (tertiary/aromatic N) is 2. The smallest absolute Gasteiger partial charge is 0.0112 e. The molecule has 2 nitrogen and oxygen atoms in total. The number of rotatable bonds is 7. The fourth-order valence-corrected chi connectivity index (χ4v) is 2.73. The zero-order chi connectivity index (χ0) is 12.5. The second-order valence-corrected chi connectivity index (χ2v) is 5.74. The molecule has 0 aromatic heterocycles. The first-order valence-electron chi connectivity index (χ1n) is 7.66. The molecular formula is C15H32N2. The van der Waals surface area contributed by atoms with Crippen LogP contribution in [0.25, 0.3) is 0 Å². The molecule has 1 heterocycles. The highest BCUT2D eigenvalue weighted by molar-refractivity contribution is 4.72. The summed E-state index contributed by atoms with van der Waals surface area (Å²) >= 11 is 0. The van der Waals surface area contributed by atoms with E-state index in [0.717, 1.165) is 6.04 Å². The standard InChI is InChI=1S/C15H32N2/c1-4-5-6-7-8-10-15(2)17-12-9-11-16(3)13-14-17/h15H,4-14H2,1-3H3. The molecule has 0 amide bonds. The van der Waals surface area contributed by atoms with Crippen molar-refractivity contribution >= 4 is 0 Å². The van der Waals surface area contributed by atoms with Gasteiger partial charge in [-0.15, -0.1) is 0 Å². The van der Waals surface area contributed by atoms with Crippen molar-refractivity contribution in [1.82, 2.24) is 9.80 Å². The van der Waals surface area contributed by atoms with Gasteiger partial charge < -0.3 is 4.90 Å². The second-order valence-electron chi connectivity index (χ2n) is 5.74. The maximum Gasteiger partial charge on any atom is 0.0112 e. The SMILES string of the molecule is CCCCCCCC(C)N1CCCN(C)CC1. The first-order chi connectivity index (χ1) is 8.24. The van der Waals surface area contributed by atoms with Crippen molar-refractivity contribution in [2.45, 2.75) is 64.8 Å². The van der Waals surface area contributed by atoms with E-state index in [0.29, 0.717) is 0 Å². The molecule has 0 radical (unpaired) electrons. The van der Waals surface area contributed by atoms with Crippen molar-refractivity contribution < 1.29 is 0 Å². The summed E-state index contributed by atoms with van der Waals surface area (Å²) in [5.74, 6) is 0. The van der Waals surface area contributed by atoms with E-state index < -0.39 is 0 Å². The van der Waals surface area contributed by atoms with Crippen molar-refractivity contribution in [2.75, 3.05) is 33.2 Å². The summed E-state index contributed by atoms with van der Waals surface area (Å²) in [6.07, 6.45) is 9.81. The van der Waals surface area contributed by atoms with Crippen LogP contribution in [0.5, 0.6) is 0 Å². The summed E-state index contributed by atoms with van der Waals surface area (Å²) < 4.78 is 0. The molecule has 0 aliphatic carbocycles. The van der Waals surface area contributed by atoms with Crippen LogP contribution in [0.3, 0.4) is 0 Å². The van der Waals surface area contributed by atoms with Gasteiger partial charge >= 0.3 is 0 Å². The Kier molecular flexibility index (Phi) is 7.87. The van der Waals surface area contributed by atoms with E-state index in [9.17, 15) is 0 Å². The van der Waals surface area contributed by atoms with Gasteiger partial charge in [0.15, 0.2) is 0 Å². The molecule has 1 atom stereocenters. The van der Waals surface area contributed by atoms with Crippen LogP contribution in [0, 0.1) is 0 Å². The van der Waals surface area contributed by atoms with Crippen molar-refractivity contribution in [3.8, 4) is 0 Å². The Hall–Kier alpha value is -0.0800. The summed E-state index contributed by atoms with van der Waals surface area (Å²) in [5.41, 5.74) is 0. The van der Waals surface area contributed by atoms with Crippen molar-refractivity contribution in [3.05, 3.63) is 0 Å². The lowest BCUT2D eigenvalue weighted by molar-refractivity contribution is 0.202. The van der Waals surface area contributed by atoms with Gasteiger partial charge in [-0.2, -0.15) is 0 Å². The molecular weight excluding hydrogens is 208 g/mol. The van der Waals surface area contributed by atoms with E-state index in [1.54, 1.807) is 0 Å². The molecule has 1 fully saturated rings. The molecule has 2 heteroatoms. The third kappa shape index (κ3) is 6.42. The van der Waals surface area contributed by atoms with Crippen LogP contribution < -0.4 is 0 Å². The van der Waals surface area contributed by atoms with Gasteiger partial charge in [0, 0.05) is 19.1 Å². The van der Waals surface area contributed by atoms with Gasteiger partial charge in [-0.3, -0.25) is 4.90 Å². The van der Waals surface area contributed by atoms with E-state index in [1.807, 2.05) is 0 Å². The van der Waals surface area contributed by atoms with Crippen molar-refractivity contribution in [2.24, 2.45) is 0 Å². The number of unbranched alkanes of at least 4 members (excludes halogenated alkanes) is 4. The third-order valence-electron chi connectivity index (χ3n) is 4.10. The maximum atomic E-state index is 2.70. The predicted molar refractivity (Wildman–Crippen MR) is 76.5 cm³/mol. The average molecular weight is 240 g/mol. The van der Waals surface area contributed by atoms with Gasteiger partial charge in [0.1, 0.15) is 0 Å². The molecule has 0 bridgehead atoms. The Balaban J connectivity index is 2.11. The molecule has 1 aliphatic heterocycles. The largest absolute Gasteiger partial charge is 0.305 e. The molecule has 0 saturated carbocycles. The molecule has 1 rings (SSSR count). The Morgan fingerprint density at radius 1 is 0.941 bits per heavy atom. The molecule has 0 spiro atoms. The molecule has 0 aromatic carbocycles. The van der Waals surface area contributed by atoms with E-state index in [2.05, 4.69) is 30.7 Å². The van der Waals surface area contributed by atoms with Crippen LogP contribution in [0.4, 0.5) is 0 Å². The third-order valence-corrected chi connectivity index (χ3v) is 4.10. The van der Waals surface area contributed by atoms with Crippen LogP contribution in [0.2, 0.25) is 0 Å². The summed E-state index contributed by atoms with van der Waals surface area (Å²) in [4.78, 5) is 5.16. The fourth-order valence-electron chi connectivity index (χ4n) is 2.73. The maximum absolute atomic E-state index is 2.70. The predicted octanol–water partition coefficient (Wildman–Crippen LogP) is 3.37. The first-order valence-corrected chi connectivity index (χ1v) is 7.66. The highest BCUT2D eigenvalue weighted by atomic mass is 15.2. The van der Waals surface area contributed by atoms with E-state index in [1.165, 1.54) is 71.1 Å². The fraction of sp³-hybridized carbons (Fsp3) is 1.00. The summed E-state index contributed by atoms with van der Waals surface area (Å²) in [6, 6.07) is 0.795. The monoisotopic (exact) mass is 240 g/mol. The molecule has 17 heavy (non-hydrogen) atoms. The van der Waals surface area contributed by atoms with Gasteiger partial charge in [0.25, 0.3) is 0 Å². The number of hydrogen-bond donors (Lipinski definition) is 0. The van der Waals surface area contributed by atoms with Crippen molar-refractivity contribution in [3.63, 3.8) is 0 Å². The van der Waals surface area contributed by atoms with Gasteiger partial charge in [-0.05, 0) is 39.9 Å². The molecule has 0 aromatic rings. The zero-order valence-corrected chi connectivity index (χ0v) is 12.2. The van der Waals surface area contributed by atoms with E-state index in [-0.39, 0.29) is 0 Å². The minimum absolute atomic E-state index is 0.795. The van der Waals surface area contributed by atoms with Crippen LogP contribution in [0.1, 0.15) is 58.8 Å². The quantitative estimate of drug-likeness (QED) is 0.630. The van der Waals surface area contributed by atoms with Crippen LogP contribution >= 0.6 is 0 Å². The Labute approximate surface area is 108 Å². The zero-order valence-electron chi connectivity index (χ0n) is 12.2. The van der Waals surface area contributed by atoms with Crippen LogP contribution in [-0.2, 0) is 0 Å². The summed E-state index contributed by atoms with van der Waals surface area (Å²) in [5, 5.41) is 0. The van der Waals surface area contributed by atoms with Crippen LogP contribution in [-0.4, -0.2) is 49.1 Å². The highest BCUT2D eigenvalue weighted by Crippen LogP contribution is 2.13. The lowest BCUT2D eigenvalue weighted by Crippen LogP contribution is -2.36. The second kappa shape index (κ2) is 8.93. The molecule has 1 unspecified atom stereocenters. The average Bonchev–Trinajstić information content (AvgIpc) is 2.53. The molecule has 0 N–H and O–H groups in total. The number of likely N-dealkylation sites (N-methyl/N-ethyl adjacent to an activating group) is 1. The van der Waals surface area contributed by atoms with Gasteiger partial charge in [0.2, 0.25) is 0 Å². The van der Waals surface area contributed by atoms with Gasteiger partial charge in [0.05, 0.1) is 0 Å². The van der Waals surface area contributed by atoms with Gasteiger partial charge in [-0.25, -0.2) is 0 Å². The lowest BCUT2D eigenvalue weighted by Gasteiger charge is -2.27. The summed E-state index contributed by atoms with van der Waals surface area (Å²) in [6.45, 7) is 9.81. The first kappa shape index (κ1) is 15.0. The molecule has 1 aliphatic rings. The normalized spacial score (nSPS) is 21.4. The van der Waals surface area contributed by atoms with Crippen molar-refractivity contribution in [1.29, 1.82) is 0 Å². The highest BCUT2D eigenvalue weighted by Gasteiger charge is 2.16. The molecule has 102 valence electrons. The Morgan fingerprint density at radius 2 is 1.71 bits per heavy atom. The Morgan fingerprint density at radius 3 is 2.47 bits per heavy atom. The van der Waals surface area contributed by atoms with E-state index >= 15 is 0 Å². The summed E-state index contributed by atoms with van der Waals surface area (Å²) in [7, 11) is 2.25. The minimum Gasteiger partial charge on any atom is -0.305 e. The van der Waals surface area contributed by atoms with E-state index in [4.69, 9.17) is 0 Å². The minimum atomic E-state index is 0.795. The van der Waals surface area contributed by atoms with Crippen LogP contribution in [0.15, 0.2) is 0 Å². The van der Waals surface area contributed by atoms with Gasteiger partial charge in [-0.1, -0.05) is 39.0 Å². The Bertz CT molecular complexity index is 182.